The van der Waals surface area contributed by atoms with Crippen LogP contribution in [0.1, 0.15) is 45.6 Å². The summed E-state index contributed by atoms with van der Waals surface area (Å²) in [5, 5.41) is 7.77. The lowest BCUT2D eigenvalue weighted by molar-refractivity contribution is -0.274. The fraction of sp³-hybridized carbons (Fsp3) is 0.323. The van der Waals surface area contributed by atoms with E-state index in [9.17, 15) is 22.8 Å². The van der Waals surface area contributed by atoms with Gasteiger partial charge < -0.3 is 10.1 Å². The Bertz CT molecular complexity index is 1630. The minimum absolute atomic E-state index is 0.0714. The maximum atomic E-state index is 12.8. The monoisotopic (exact) mass is 624 g/mol. The maximum absolute atomic E-state index is 12.8. The molecule has 2 aromatic carbocycles. The van der Waals surface area contributed by atoms with Crippen molar-refractivity contribution in [2.24, 2.45) is 10.9 Å². The highest BCUT2D eigenvalue weighted by Crippen LogP contribution is 2.41. The van der Waals surface area contributed by atoms with Gasteiger partial charge in [0, 0.05) is 23.2 Å². The largest absolute Gasteiger partial charge is 0.573 e. The molecular weight excluding hydrogens is 593 g/mol. The van der Waals surface area contributed by atoms with E-state index in [4.69, 9.17) is 0 Å². The van der Waals surface area contributed by atoms with Crippen LogP contribution in [0.15, 0.2) is 83.3 Å². The Morgan fingerprint density at radius 3 is 2.43 bits per heavy atom. The number of rotatable bonds is 8. The van der Waals surface area contributed by atoms with Gasteiger partial charge in [-0.15, -0.1) is 18.3 Å². The Labute approximate surface area is 256 Å². The number of ether oxygens (including phenoxy) is 1. The Hall–Kier alpha value is -4.39. The molecule has 0 bridgehead atoms. The third kappa shape index (κ3) is 7.04. The number of nitrogens with zero attached hydrogens (tertiary/aromatic N) is 5. The highest BCUT2D eigenvalue weighted by molar-refractivity contribution is 8.15. The average molecular weight is 625 g/mol. The Morgan fingerprint density at radius 2 is 1.82 bits per heavy atom. The number of allylic oxidation sites excluding steroid dienone is 3. The summed E-state index contributed by atoms with van der Waals surface area (Å²) in [7, 11) is 0. The zero-order valence-electron chi connectivity index (χ0n) is 24.5. The molecule has 1 saturated heterocycles. The summed E-state index contributed by atoms with van der Waals surface area (Å²) in [4.78, 5) is 35.7. The summed E-state index contributed by atoms with van der Waals surface area (Å²) in [5.41, 5.74) is 4.10. The van der Waals surface area contributed by atoms with Crippen molar-refractivity contribution in [2.45, 2.75) is 52.4 Å². The van der Waals surface area contributed by atoms with Crippen LogP contribution in [0.25, 0.3) is 17.1 Å². The number of nitrogens with one attached hydrogen (secondary N) is 1. The van der Waals surface area contributed by atoms with E-state index >= 15 is 0 Å². The molecule has 13 heteroatoms. The van der Waals surface area contributed by atoms with Crippen molar-refractivity contribution in [1.82, 2.24) is 25.0 Å². The van der Waals surface area contributed by atoms with Gasteiger partial charge in [0.1, 0.15) is 12.1 Å². The predicted molar refractivity (Wildman–Crippen MR) is 162 cm³/mol. The second-order valence-corrected chi connectivity index (χ2v) is 11.5. The van der Waals surface area contributed by atoms with Gasteiger partial charge in [0.2, 0.25) is 5.91 Å². The number of halogens is 3. The molecule has 2 fully saturated rings. The quantitative estimate of drug-likeness (QED) is 0.276. The molecule has 2 aliphatic rings. The lowest BCUT2D eigenvalue weighted by Gasteiger charge is -2.24. The van der Waals surface area contributed by atoms with E-state index in [0.717, 1.165) is 28.8 Å². The number of thioether (sulfide) groups is 1. The van der Waals surface area contributed by atoms with Crippen molar-refractivity contribution in [3.63, 3.8) is 0 Å². The lowest BCUT2D eigenvalue weighted by atomic mass is 9.98. The SMILES string of the molecule is CC=C(C(=CC)N1C(=O)CSC1=NC(=O)NC1CC1c1ccc(-c2ncn(-c3ccc(OC(F)(F)F)cc3)n2)cc1)C(C)C. The molecule has 0 radical (unpaired) electrons. The number of carbonyl (C=O) groups excluding carboxylic acids is 2. The van der Waals surface area contributed by atoms with Crippen molar-refractivity contribution in [3.05, 3.63) is 83.8 Å². The third-order valence-electron chi connectivity index (χ3n) is 7.23. The molecule has 3 aromatic rings. The summed E-state index contributed by atoms with van der Waals surface area (Å²) < 4.78 is 42.6. The summed E-state index contributed by atoms with van der Waals surface area (Å²) in [6.07, 6.45) is 1.35. The molecule has 230 valence electrons. The van der Waals surface area contributed by atoms with Crippen LogP contribution in [0.4, 0.5) is 18.0 Å². The van der Waals surface area contributed by atoms with E-state index < -0.39 is 12.4 Å². The van der Waals surface area contributed by atoms with Gasteiger partial charge in [0.25, 0.3) is 0 Å². The summed E-state index contributed by atoms with van der Waals surface area (Å²) >= 11 is 1.25. The zero-order chi connectivity index (χ0) is 31.6. The van der Waals surface area contributed by atoms with Crippen LogP contribution in [0.5, 0.6) is 5.75 Å². The van der Waals surface area contributed by atoms with Crippen molar-refractivity contribution in [3.8, 4) is 22.8 Å². The van der Waals surface area contributed by atoms with Crippen LogP contribution in [-0.4, -0.2) is 54.9 Å². The fourth-order valence-corrected chi connectivity index (χ4v) is 5.94. The highest BCUT2D eigenvalue weighted by atomic mass is 32.2. The standard InChI is InChI=1S/C31H31F3N6O3S/c1-5-23(18(3)4)26(6-2)40-27(41)16-44-30(40)37-29(42)36-25-15-24(25)19-7-9-20(10-8-19)28-35-17-39(38-28)21-11-13-22(14-12-21)43-31(32,33)34/h5-14,17-18,24-25H,15-16H2,1-4H3,(H,36,42). The molecule has 1 aliphatic carbocycles. The third-order valence-corrected chi connectivity index (χ3v) is 8.15. The van der Waals surface area contributed by atoms with Crippen LogP contribution in [-0.2, 0) is 4.79 Å². The molecule has 44 heavy (non-hydrogen) atoms. The second kappa shape index (κ2) is 12.7. The smallest absolute Gasteiger partial charge is 0.406 e. The molecule has 0 spiro atoms. The summed E-state index contributed by atoms with van der Waals surface area (Å²) in [5.74, 6) is 0.593. The average Bonchev–Trinajstić information content (AvgIpc) is 3.38. The minimum Gasteiger partial charge on any atom is -0.406 e. The van der Waals surface area contributed by atoms with Crippen molar-refractivity contribution in [2.75, 3.05) is 5.75 Å². The van der Waals surface area contributed by atoms with Gasteiger partial charge in [0.15, 0.2) is 11.0 Å². The zero-order valence-corrected chi connectivity index (χ0v) is 25.3. The highest BCUT2D eigenvalue weighted by Gasteiger charge is 2.40. The van der Waals surface area contributed by atoms with Crippen LogP contribution >= 0.6 is 11.8 Å². The summed E-state index contributed by atoms with van der Waals surface area (Å²) in [6, 6.07) is 12.5. The second-order valence-electron chi connectivity index (χ2n) is 10.6. The topological polar surface area (TPSA) is 102 Å². The van der Waals surface area contributed by atoms with Gasteiger partial charge in [0.05, 0.1) is 11.4 Å². The number of alkyl halides is 3. The number of amides is 3. The minimum atomic E-state index is -4.76. The maximum Gasteiger partial charge on any atom is 0.573 e. The number of hydrogen-bond donors (Lipinski definition) is 1. The number of aromatic nitrogens is 3. The Morgan fingerprint density at radius 1 is 1.11 bits per heavy atom. The molecule has 1 saturated carbocycles. The molecule has 9 nitrogen and oxygen atoms in total. The number of benzene rings is 2. The van der Waals surface area contributed by atoms with E-state index in [1.807, 2.05) is 50.3 Å². The summed E-state index contributed by atoms with van der Waals surface area (Å²) in [6.45, 7) is 7.92. The van der Waals surface area contributed by atoms with Crippen molar-refractivity contribution >= 4 is 28.9 Å². The van der Waals surface area contributed by atoms with E-state index in [1.54, 1.807) is 0 Å². The molecule has 2 heterocycles. The molecule has 1 aromatic heterocycles. The number of urea groups is 1. The predicted octanol–water partition coefficient (Wildman–Crippen LogP) is 6.84. The lowest BCUT2D eigenvalue weighted by Crippen LogP contribution is -2.32. The molecule has 5 rings (SSSR count). The number of hydrogen-bond acceptors (Lipinski definition) is 6. The van der Waals surface area contributed by atoms with Gasteiger partial charge in [-0.1, -0.05) is 62.0 Å². The molecular formula is C31H31F3N6O3S. The van der Waals surface area contributed by atoms with Crippen molar-refractivity contribution in [1.29, 1.82) is 0 Å². The molecule has 3 amide bonds. The van der Waals surface area contributed by atoms with Crippen molar-refractivity contribution < 1.29 is 27.5 Å². The first-order chi connectivity index (χ1) is 21.0. The fourth-order valence-electron chi connectivity index (χ4n) is 5.08. The van der Waals surface area contributed by atoms with Crippen LogP contribution in [0.2, 0.25) is 0 Å². The van der Waals surface area contributed by atoms with Gasteiger partial charge in [-0.25, -0.2) is 14.5 Å². The number of amidine groups is 1. The van der Waals surface area contributed by atoms with Crippen LogP contribution in [0, 0.1) is 5.92 Å². The van der Waals surface area contributed by atoms with Gasteiger partial charge >= 0.3 is 12.4 Å². The Kier molecular flexibility index (Phi) is 8.95. The normalized spacial score (nSPS) is 20.0. The van der Waals surface area contributed by atoms with E-state index in [0.29, 0.717) is 16.7 Å². The first-order valence-electron chi connectivity index (χ1n) is 14.0. The van der Waals surface area contributed by atoms with Gasteiger partial charge in [-0.05, 0) is 61.6 Å². The Balaban J connectivity index is 1.20. The van der Waals surface area contributed by atoms with Gasteiger partial charge in [-0.3, -0.25) is 9.69 Å². The number of carbonyl (C=O) groups is 2. The van der Waals surface area contributed by atoms with E-state index in [2.05, 4.69) is 39.0 Å². The first-order valence-corrected chi connectivity index (χ1v) is 15.0. The number of aliphatic imine (C=N–C) groups is 1. The van der Waals surface area contributed by atoms with Gasteiger partial charge in [-0.2, -0.15) is 4.99 Å². The molecule has 1 N–H and O–H groups in total. The van der Waals surface area contributed by atoms with Crippen LogP contribution < -0.4 is 10.1 Å². The van der Waals surface area contributed by atoms with E-state index in [-0.39, 0.29) is 35.3 Å². The molecule has 2 unspecified atom stereocenters. The first kappa shape index (κ1) is 31.0. The van der Waals surface area contributed by atoms with E-state index in [1.165, 1.54) is 51.9 Å². The molecule has 1 aliphatic heterocycles. The molecule has 2 atom stereocenters. The van der Waals surface area contributed by atoms with Crippen LogP contribution in [0.3, 0.4) is 0 Å².